The first-order valence-electron chi connectivity index (χ1n) is 8.24. The molecule has 2 unspecified atom stereocenters. The molecule has 2 atom stereocenters. The van der Waals surface area contributed by atoms with Crippen LogP contribution in [0.1, 0.15) is 53.3 Å². The zero-order chi connectivity index (χ0) is 17.4. The van der Waals surface area contributed by atoms with Crippen molar-refractivity contribution in [2.75, 3.05) is 6.54 Å². The first-order valence-corrected chi connectivity index (χ1v) is 8.65. The van der Waals surface area contributed by atoms with Crippen LogP contribution in [0.3, 0.4) is 0 Å². The van der Waals surface area contributed by atoms with Gasteiger partial charge in [-0.15, -0.1) is 0 Å². The van der Waals surface area contributed by atoms with E-state index in [9.17, 15) is 4.79 Å². The van der Waals surface area contributed by atoms with Crippen molar-refractivity contribution in [3.8, 4) is 0 Å². The molecule has 1 saturated carbocycles. The van der Waals surface area contributed by atoms with E-state index in [1.165, 1.54) is 5.57 Å². The lowest BCUT2D eigenvalue weighted by Gasteiger charge is -2.10. The lowest BCUT2D eigenvalue weighted by atomic mass is 10.1. The van der Waals surface area contributed by atoms with Crippen molar-refractivity contribution >= 4 is 18.1 Å². The van der Waals surface area contributed by atoms with Gasteiger partial charge in [-0.1, -0.05) is 39.3 Å². The van der Waals surface area contributed by atoms with E-state index in [4.69, 9.17) is 12.2 Å². The molecule has 23 heavy (non-hydrogen) atoms. The number of nitrogens with one attached hydrogen (secondary N) is 2. The van der Waals surface area contributed by atoms with Crippen LogP contribution >= 0.6 is 12.2 Å². The minimum atomic E-state index is 0.0520. The highest BCUT2D eigenvalue weighted by Gasteiger charge is 2.60. The van der Waals surface area contributed by atoms with Gasteiger partial charge in [0.1, 0.15) is 5.82 Å². The molecule has 0 bridgehead atoms. The molecule has 2 rings (SSSR count). The van der Waals surface area contributed by atoms with Crippen molar-refractivity contribution < 1.29 is 4.79 Å². The largest absolute Gasteiger partial charge is 0.354 e. The number of allylic oxidation sites excluding steroid dienone is 2. The number of rotatable bonds is 6. The van der Waals surface area contributed by atoms with Crippen molar-refractivity contribution in [2.24, 2.45) is 17.3 Å². The molecule has 1 heterocycles. The summed E-state index contributed by atoms with van der Waals surface area (Å²) in [6.45, 7) is 13.9. The Labute approximate surface area is 143 Å². The van der Waals surface area contributed by atoms with Crippen LogP contribution in [0, 0.1) is 22.0 Å². The number of carbonyl (C=O) groups excluding carboxylic acids is 1. The second kappa shape index (κ2) is 6.59. The van der Waals surface area contributed by atoms with Gasteiger partial charge in [0.25, 0.3) is 0 Å². The van der Waals surface area contributed by atoms with Crippen LogP contribution in [0.2, 0.25) is 0 Å². The highest BCUT2D eigenvalue weighted by Crippen LogP contribution is 2.59. The van der Waals surface area contributed by atoms with E-state index in [1.54, 1.807) is 0 Å². The number of aromatic nitrogens is 3. The molecule has 128 valence electrons. The second-order valence-corrected chi connectivity index (χ2v) is 7.94. The predicted molar refractivity (Wildman–Crippen MR) is 94.7 cm³/mol. The third-order valence-electron chi connectivity index (χ3n) is 4.64. The topological polar surface area (TPSA) is 62.7 Å². The zero-order valence-corrected chi connectivity index (χ0v) is 15.8. The first kappa shape index (κ1) is 17.9. The maximum atomic E-state index is 12.4. The summed E-state index contributed by atoms with van der Waals surface area (Å²) in [4.78, 5) is 12.4. The van der Waals surface area contributed by atoms with Gasteiger partial charge in [0.2, 0.25) is 5.91 Å². The molecular formula is C17H28N4OS. The third-order valence-corrected chi connectivity index (χ3v) is 4.96. The fraction of sp³-hybridized carbons (Fsp3) is 0.706. The fourth-order valence-electron chi connectivity index (χ4n) is 3.24. The van der Waals surface area contributed by atoms with Gasteiger partial charge in [0.05, 0.1) is 5.92 Å². The number of hydrogen-bond acceptors (Lipinski definition) is 3. The first-order chi connectivity index (χ1) is 10.7. The highest BCUT2D eigenvalue weighted by atomic mass is 32.1. The molecular weight excluding hydrogens is 308 g/mol. The Morgan fingerprint density at radius 2 is 2.13 bits per heavy atom. The van der Waals surface area contributed by atoms with E-state index in [0.29, 0.717) is 29.7 Å². The molecule has 6 heteroatoms. The Bertz CT molecular complexity index is 664. The number of nitrogens with zero attached hydrogens (tertiary/aromatic N) is 2. The van der Waals surface area contributed by atoms with Gasteiger partial charge in [-0.25, -0.2) is 0 Å². The van der Waals surface area contributed by atoms with Crippen LogP contribution in [0.15, 0.2) is 11.6 Å². The molecule has 1 aromatic heterocycles. The summed E-state index contributed by atoms with van der Waals surface area (Å²) < 4.78 is 2.57. The maximum absolute atomic E-state index is 12.4. The number of aromatic amines is 1. The minimum absolute atomic E-state index is 0.0520. The van der Waals surface area contributed by atoms with Gasteiger partial charge in [-0.2, -0.15) is 5.10 Å². The Hall–Kier alpha value is -1.43. The van der Waals surface area contributed by atoms with Crippen molar-refractivity contribution in [1.29, 1.82) is 0 Å². The van der Waals surface area contributed by atoms with Crippen LogP contribution in [0.25, 0.3) is 0 Å². The van der Waals surface area contributed by atoms with E-state index < -0.39 is 0 Å². The summed E-state index contributed by atoms with van der Waals surface area (Å²) in [6.07, 6.45) is 2.22. The fourth-order valence-corrected chi connectivity index (χ4v) is 3.47. The summed E-state index contributed by atoms with van der Waals surface area (Å²) in [5, 5.41) is 10.1. The number of amides is 1. The molecule has 0 spiro atoms. The van der Waals surface area contributed by atoms with Gasteiger partial charge >= 0.3 is 0 Å². The van der Waals surface area contributed by atoms with E-state index in [-0.39, 0.29) is 17.2 Å². The average Bonchev–Trinajstić information content (AvgIpc) is 2.76. The van der Waals surface area contributed by atoms with Crippen LogP contribution < -0.4 is 5.32 Å². The van der Waals surface area contributed by atoms with Crippen molar-refractivity contribution in [3.05, 3.63) is 22.2 Å². The van der Waals surface area contributed by atoms with Crippen LogP contribution in [0.4, 0.5) is 0 Å². The highest BCUT2D eigenvalue weighted by molar-refractivity contribution is 7.71. The quantitative estimate of drug-likeness (QED) is 0.618. The van der Waals surface area contributed by atoms with Crippen LogP contribution in [-0.2, 0) is 11.3 Å². The zero-order valence-electron chi connectivity index (χ0n) is 14.9. The molecule has 1 amide bonds. The van der Waals surface area contributed by atoms with Crippen molar-refractivity contribution in [3.63, 3.8) is 0 Å². The van der Waals surface area contributed by atoms with Gasteiger partial charge in [0, 0.05) is 19.0 Å². The summed E-state index contributed by atoms with van der Waals surface area (Å²) in [5.74, 6) is 1.77. The SMILES string of the molecule is CC(C)=CC1C(C(=O)NCCn2c(C(C)C)n[nH]c2=S)C1(C)C. The van der Waals surface area contributed by atoms with Gasteiger partial charge in [-0.3, -0.25) is 9.89 Å². The average molecular weight is 337 g/mol. The third kappa shape index (κ3) is 3.74. The summed E-state index contributed by atoms with van der Waals surface area (Å²) in [5.41, 5.74) is 1.32. The second-order valence-electron chi connectivity index (χ2n) is 7.55. The van der Waals surface area contributed by atoms with E-state index in [2.05, 4.69) is 63.1 Å². The van der Waals surface area contributed by atoms with Crippen LogP contribution in [-0.4, -0.2) is 27.2 Å². The molecule has 1 aliphatic rings. The minimum Gasteiger partial charge on any atom is -0.354 e. The van der Waals surface area contributed by atoms with E-state index in [1.807, 2.05) is 4.57 Å². The van der Waals surface area contributed by atoms with Crippen LogP contribution in [0.5, 0.6) is 0 Å². The monoisotopic (exact) mass is 336 g/mol. The predicted octanol–water partition coefficient (Wildman–Crippen LogP) is 3.42. The number of hydrogen-bond donors (Lipinski definition) is 2. The molecule has 1 aliphatic carbocycles. The molecule has 1 aromatic rings. The van der Waals surface area contributed by atoms with E-state index >= 15 is 0 Å². The normalized spacial score (nSPS) is 22.0. The van der Waals surface area contributed by atoms with Gasteiger partial charge < -0.3 is 9.88 Å². The summed E-state index contributed by atoms with van der Waals surface area (Å²) in [6, 6.07) is 0. The van der Waals surface area contributed by atoms with Gasteiger partial charge in [0.15, 0.2) is 4.77 Å². The molecule has 0 aliphatic heterocycles. The summed E-state index contributed by atoms with van der Waals surface area (Å²) >= 11 is 5.26. The molecule has 2 N–H and O–H groups in total. The number of carbonyl (C=O) groups is 1. The smallest absolute Gasteiger partial charge is 0.224 e. The Balaban J connectivity index is 1.93. The summed E-state index contributed by atoms with van der Waals surface area (Å²) in [7, 11) is 0. The Morgan fingerprint density at radius 3 is 2.70 bits per heavy atom. The molecule has 0 saturated heterocycles. The van der Waals surface area contributed by atoms with E-state index in [0.717, 1.165) is 5.82 Å². The standard InChI is InChI=1S/C17H28N4OS/c1-10(2)9-12-13(17(12,5)6)15(22)18-7-8-21-14(11(3)4)19-20-16(21)23/h9,11-13H,7-8H2,1-6H3,(H,18,22)(H,20,23). The molecule has 5 nitrogen and oxygen atoms in total. The molecule has 0 aromatic carbocycles. The Kier molecular flexibility index (Phi) is 5.14. The maximum Gasteiger partial charge on any atom is 0.224 e. The molecule has 0 radical (unpaired) electrons. The Morgan fingerprint density at radius 1 is 1.48 bits per heavy atom. The van der Waals surface area contributed by atoms with Crippen molar-refractivity contribution in [2.45, 2.75) is 54.0 Å². The van der Waals surface area contributed by atoms with Crippen molar-refractivity contribution in [1.82, 2.24) is 20.1 Å². The molecule has 1 fully saturated rings. The lowest BCUT2D eigenvalue weighted by molar-refractivity contribution is -0.123. The van der Waals surface area contributed by atoms with Gasteiger partial charge in [-0.05, 0) is 37.4 Å². The number of H-pyrrole nitrogens is 1. The lowest BCUT2D eigenvalue weighted by Crippen LogP contribution is -2.30.